The molecular formula is C52H32N4O. The van der Waals surface area contributed by atoms with Crippen LogP contribution in [0.4, 0.5) is 0 Å². The molecule has 0 bridgehead atoms. The maximum atomic E-state index is 9.46. The lowest BCUT2D eigenvalue weighted by molar-refractivity contribution is 0.669. The molecule has 0 saturated carbocycles. The zero-order valence-corrected chi connectivity index (χ0v) is 30.7. The van der Waals surface area contributed by atoms with Crippen LogP contribution in [0.1, 0.15) is 5.56 Å². The van der Waals surface area contributed by atoms with Gasteiger partial charge in [0.2, 0.25) is 0 Å². The standard InChI is InChI=1S/C52H32N4O/c53-33-34-11-7-16-39(29-34)36-23-25-38(26-24-36)50-54-51(43-20-9-19-42(31-43)41-18-8-17-40(30-41)35-12-3-1-4-13-35)56-52(55-50)44-27-28-46-48(32-44)57-47-22-10-21-45(49(46)47)37-14-5-2-6-15-37/h1-32H. The average molecular weight is 729 g/mol. The molecule has 0 spiro atoms. The summed E-state index contributed by atoms with van der Waals surface area (Å²) >= 11 is 0. The molecule has 5 nitrogen and oxygen atoms in total. The summed E-state index contributed by atoms with van der Waals surface area (Å²) in [6, 6.07) is 68.2. The Bertz CT molecular complexity index is 3130. The van der Waals surface area contributed by atoms with Gasteiger partial charge in [-0.25, -0.2) is 15.0 Å². The van der Waals surface area contributed by atoms with Gasteiger partial charge in [-0.05, 0) is 87.0 Å². The van der Waals surface area contributed by atoms with Gasteiger partial charge in [0.1, 0.15) is 11.2 Å². The number of nitrogens with zero attached hydrogens (tertiary/aromatic N) is 4. The van der Waals surface area contributed by atoms with Crippen LogP contribution in [-0.4, -0.2) is 15.0 Å². The fourth-order valence-corrected chi connectivity index (χ4v) is 7.51. The molecule has 266 valence electrons. The molecule has 0 fully saturated rings. The Morgan fingerprint density at radius 2 is 0.825 bits per heavy atom. The highest BCUT2D eigenvalue weighted by molar-refractivity contribution is 6.13. The maximum Gasteiger partial charge on any atom is 0.164 e. The van der Waals surface area contributed by atoms with Crippen LogP contribution < -0.4 is 0 Å². The van der Waals surface area contributed by atoms with Gasteiger partial charge in [0.25, 0.3) is 0 Å². The minimum Gasteiger partial charge on any atom is -0.456 e. The monoisotopic (exact) mass is 728 g/mol. The lowest BCUT2D eigenvalue weighted by Crippen LogP contribution is -2.00. The van der Waals surface area contributed by atoms with Gasteiger partial charge in [-0.2, -0.15) is 5.26 Å². The van der Waals surface area contributed by atoms with E-state index in [1.165, 1.54) is 5.56 Å². The second-order valence-corrected chi connectivity index (χ2v) is 14.0. The van der Waals surface area contributed by atoms with Gasteiger partial charge in [0.05, 0.1) is 11.6 Å². The molecule has 0 radical (unpaired) electrons. The van der Waals surface area contributed by atoms with Crippen molar-refractivity contribution in [1.82, 2.24) is 15.0 Å². The highest BCUT2D eigenvalue weighted by Gasteiger charge is 2.17. The Morgan fingerprint density at radius 3 is 1.51 bits per heavy atom. The molecule has 8 aromatic carbocycles. The Labute approximate surface area is 329 Å². The Morgan fingerprint density at radius 1 is 0.351 bits per heavy atom. The third kappa shape index (κ3) is 6.52. The van der Waals surface area contributed by atoms with Gasteiger partial charge in [-0.3, -0.25) is 0 Å². The Balaban J connectivity index is 1.09. The van der Waals surface area contributed by atoms with Crippen LogP contribution in [0.25, 0.3) is 101 Å². The van der Waals surface area contributed by atoms with E-state index in [0.717, 1.165) is 77.6 Å². The molecule has 0 unspecified atom stereocenters. The van der Waals surface area contributed by atoms with Crippen LogP contribution >= 0.6 is 0 Å². The maximum absolute atomic E-state index is 9.46. The minimum absolute atomic E-state index is 0.544. The molecule has 0 atom stereocenters. The lowest BCUT2D eigenvalue weighted by Gasteiger charge is -2.11. The summed E-state index contributed by atoms with van der Waals surface area (Å²) in [5.41, 5.74) is 13.5. The molecule has 10 rings (SSSR count). The number of fused-ring (bicyclic) bond motifs is 3. The third-order valence-corrected chi connectivity index (χ3v) is 10.4. The summed E-state index contributed by atoms with van der Waals surface area (Å²) in [6.07, 6.45) is 0. The van der Waals surface area contributed by atoms with Gasteiger partial charge < -0.3 is 4.42 Å². The number of aromatic nitrogens is 3. The molecule has 0 aliphatic carbocycles. The second kappa shape index (κ2) is 14.4. The normalized spacial score (nSPS) is 11.1. The SMILES string of the molecule is N#Cc1cccc(-c2ccc(-c3nc(-c4cccc(-c5cccc(-c6ccccc6)c5)c4)nc(-c4ccc5c(c4)oc4cccc(-c6ccccc6)c45)n3)cc2)c1. The molecule has 0 aliphatic heterocycles. The van der Waals surface area contributed by atoms with E-state index in [1.807, 2.05) is 84.9 Å². The van der Waals surface area contributed by atoms with E-state index < -0.39 is 0 Å². The summed E-state index contributed by atoms with van der Waals surface area (Å²) in [5, 5.41) is 11.6. The van der Waals surface area contributed by atoms with E-state index >= 15 is 0 Å². The molecule has 0 amide bonds. The number of hydrogen-bond donors (Lipinski definition) is 0. The van der Waals surface area contributed by atoms with Crippen LogP contribution in [0.5, 0.6) is 0 Å². The van der Waals surface area contributed by atoms with Crippen molar-refractivity contribution in [2.24, 2.45) is 0 Å². The number of nitriles is 1. The molecule has 2 aromatic heterocycles. The number of hydrogen-bond acceptors (Lipinski definition) is 5. The average Bonchev–Trinajstić information content (AvgIpc) is 3.68. The van der Waals surface area contributed by atoms with Gasteiger partial charge in [0.15, 0.2) is 17.5 Å². The first kappa shape index (κ1) is 33.6. The first-order valence-corrected chi connectivity index (χ1v) is 18.8. The van der Waals surface area contributed by atoms with Gasteiger partial charge in [-0.1, -0.05) is 152 Å². The predicted octanol–water partition coefficient (Wildman–Crippen LogP) is 13.3. The highest BCUT2D eigenvalue weighted by Crippen LogP contribution is 2.38. The molecule has 0 aliphatic rings. The molecule has 2 heterocycles. The van der Waals surface area contributed by atoms with Crippen molar-refractivity contribution in [1.29, 1.82) is 5.26 Å². The third-order valence-electron chi connectivity index (χ3n) is 10.4. The van der Waals surface area contributed by atoms with Crippen molar-refractivity contribution in [3.8, 4) is 84.7 Å². The summed E-state index contributed by atoms with van der Waals surface area (Å²) < 4.78 is 6.49. The summed E-state index contributed by atoms with van der Waals surface area (Å²) in [6.45, 7) is 0. The lowest BCUT2D eigenvalue weighted by atomic mass is 9.98. The van der Waals surface area contributed by atoms with Crippen LogP contribution in [0.15, 0.2) is 199 Å². The van der Waals surface area contributed by atoms with Crippen LogP contribution in [0.3, 0.4) is 0 Å². The fraction of sp³-hybridized carbons (Fsp3) is 0. The van der Waals surface area contributed by atoms with Crippen molar-refractivity contribution in [2.75, 3.05) is 0 Å². The Kier molecular flexibility index (Phi) is 8.48. The molecule has 0 saturated heterocycles. The van der Waals surface area contributed by atoms with Gasteiger partial charge >= 0.3 is 0 Å². The second-order valence-electron chi connectivity index (χ2n) is 14.0. The van der Waals surface area contributed by atoms with E-state index in [1.54, 1.807) is 0 Å². The number of benzene rings is 8. The predicted molar refractivity (Wildman–Crippen MR) is 230 cm³/mol. The number of furan rings is 1. The zero-order valence-electron chi connectivity index (χ0n) is 30.7. The minimum atomic E-state index is 0.544. The van der Waals surface area contributed by atoms with E-state index in [4.69, 9.17) is 19.4 Å². The summed E-state index contributed by atoms with van der Waals surface area (Å²) in [4.78, 5) is 15.3. The molecule has 57 heavy (non-hydrogen) atoms. The van der Waals surface area contributed by atoms with Crippen molar-refractivity contribution in [3.05, 3.63) is 200 Å². The Hall–Kier alpha value is -7.94. The van der Waals surface area contributed by atoms with Crippen LogP contribution in [0.2, 0.25) is 0 Å². The topological polar surface area (TPSA) is 75.6 Å². The largest absolute Gasteiger partial charge is 0.456 e. The quantitative estimate of drug-likeness (QED) is 0.163. The van der Waals surface area contributed by atoms with Crippen molar-refractivity contribution >= 4 is 21.9 Å². The first-order chi connectivity index (χ1) is 28.2. The van der Waals surface area contributed by atoms with E-state index in [0.29, 0.717) is 23.0 Å². The highest BCUT2D eigenvalue weighted by atomic mass is 16.3. The van der Waals surface area contributed by atoms with E-state index in [2.05, 4.69) is 115 Å². The van der Waals surface area contributed by atoms with Crippen molar-refractivity contribution < 1.29 is 4.42 Å². The van der Waals surface area contributed by atoms with E-state index in [-0.39, 0.29) is 0 Å². The molecule has 5 heteroatoms. The van der Waals surface area contributed by atoms with E-state index in [9.17, 15) is 5.26 Å². The van der Waals surface area contributed by atoms with Crippen LogP contribution in [0, 0.1) is 11.3 Å². The first-order valence-electron chi connectivity index (χ1n) is 18.8. The van der Waals surface area contributed by atoms with Crippen LogP contribution in [-0.2, 0) is 0 Å². The fourth-order valence-electron chi connectivity index (χ4n) is 7.51. The summed E-state index contributed by atoms with van der Waals surface area (Å²) in [7, 11) is 0. The van der Waals surface area contributed by atoms with Gasteiger partial charge in [0, 0.05) is 27.5 Å². The molecule has 0 N–H and O–H groups in total. The van der Waals surface area contributed by atoms with Gasteiger partial charge in [-0.15, -0.1) is 0 Å². The summed E-state index contributed by atoms with van der Waals surface area (Å²) in [5.74, 6) is 1.67. The zero-order chi connectivity index (χ0) is 38.1. The van der Waals surface area contributed by atoms with Crippen molar-refractivity contribution in [2.45, 2.75) is 0 Å². The number of rotatable bonds is 7. The smallest absolute Gasteiger partial charge is 0.164 e. The molecular weight excluding hydrogens is 697 g/mol. The van der Waals surface area contributed by atoms with Crippen molar-refractivity contribution in [3.63, 3.8) is 0 Å². The molecule has 10 aromatic rings.